The first-order valence-corrected chi connectivity index (χ1v) is 7.77. The molecule has 1 aliphatic heterocycles. The summed E-state index contributed by atoms with van der Waals surface area (Å²) < 4.78 is 91.9. The van der Waals surface area contributed by atoms with Crippen molar-refractivity contribution in [2.24, 2.45) is 0 Å². The summed E-state index contributed by atoms with van der Waals surface area (Å²) in [5, 5.41) is 9.07. The van der Waals surface area contributed by atoms with E-state index in [1.807, 2.05) is 0 Å². The quantitative estimate of drug-likeness (QED) is 0.763. The maximum absolute atomic E-state index is 13.7. The smallest absolute Gasteiger partial charge is 0.382 e. The Balaban J connectivity index is 2.11. The van der Waals surface area contributed by atoms with E-state index in [0.29, 0.717) is 6.07 Å². The van der Waals surface area contributed by atoms with E-state index in [1.54, 1.807) is 0 Å². The molecule has 0 spiro atoms. The summed E-state index contributed by atoms with van der Waals surface area (Å²) in [5.74, 6) is 0. The summed E-state index contributed by atoms with van der Waals surface area (Å²) in [6.45, 7) is -0.506. The van der Waals surface area contributed by atoms with E-state index in [1.165, 1.54) is 6.07 Å². The van der Waals surface area contributed by atoms with Gasteiger partial charge in [-0.2, -0.15) is 26.3 Å². The number of aliphatic hydroxyl groups is 1. The SMILES string of the molecule is O=c1cc(C(F)(F)F)c2cc(N3CC(F)CC3C(O)C(F)(F)F)ccc2[nH]1. The molecule has 0 radical (unpaired) electrons. The molecule has 1 saturated heterocycles. The number of aromatic amines is 1. The lowest BCUT2D eigenvalue weighted by molar-refractivity contribution is -0.209. The summed E-state index contributed by atoms with van der Waals surface area (Å²) in [7, 11) is 0. The molecular weight excluding hydrogens is 385 g/mol. The van der Waals surface area contributed by atoms with Crippen molar-refractivity contribution in [3.8, 4) is 0 Å². The number of H-pyrrole nitrogens is 1. The van der Waals surface area contributed by atoms with Crippen LogP contribution in [0, 0.1) is 0 Å². The summed E-state index contributed by atoms with van der Waals surface area (Å²) >= 11 is 0. The van der Waals surface area contributed by atoms with Gasteiger partial charge >= 0.3 is 12.4 Å². The van der Waals surface area contributed by atoms with Crippen molar-refractivity contribution in [1.82, 2.24) is 4.98 Å². The van der Waals surface area contributed by atoms with Gasteiger partial charge in [0.05, 0.1) is 11.6 Å². The zero-order chi connectivity index (χ0) is 20.1. The van der Waals surface area contributed by atoms with Crippen LogP contribution in [0.25, 0.3) is 10.9 Å². The minimum Gasteiger partial charge on any atom is -0.382 e. The van der Waals surface area contributed by atoms with Gasteiger partial charge in [-0.25, -0.2) is 4.39 Å². The molecule has 4 nitrogen and oxygen atoms in total. The van der Waals surface area contributed by atoms with Crippen LogP contribution in [0.2, 0.25) is 0 Å². The lowest BCUT2D eigenvalue weighted by Crippen LogP contribution is -2.47. The fourth-order valence-electron chi connectivity index (χ4n) is 3.28. The Hall–Kier alpha value is -2.30. The van der Waals surface area contributed by atoms with E-state index >= 15 is 0 Å². The van der Waals surface area contributed by atoms with Crippen LogP contribution in [-0.2, 0) is 6.18 Å². The number of aliphatic hydroxyl groups excluding tert-OH is 1. The lowest BCUT2D eigenvalue weighted by atomic mass is 10.0. The van der Waals surface area contributed by atoms with E-state index in [0.717, 1.165) is 17.0 Å². The first-order chi connectivity index (χ1) is 12.4. The Bertz CT molecular complexity index is 906. The highest BCUT2D eigenvalue weighted by molar-refractivity contribution is 5.86. The predicted molar refractivity (Wildman–Crippen MR) is 82.3 cm³/mol. The fraction of sp³-hybridized carbons (Fsp3) is 0.438. The molecule has 3 atom stereocenters. The number of benzene rings is 1. The van der Waals surface area contributed by atoms with Crippen LogP contribution in [0.15, 0.2) is 29.1 Å². The standard InChI is InChI=1S/C16H13F7N2O2/c17-7-3-12(14(27)16(21,22)23)25(6-7)8-1-2-11-9(4-8)10(15(18,19)20)5-13(26)24-11/h1-2,4-5,7,12,14,27H,3,6H2,(H,24,26). The largest absolute Gasteiger partial charge is 0.417 e. The van der Waals surface area contributed by atoms with E-state index in [2.05, 4.69) is 4.98 Å². The Kier molecular flexibility index (Phi) is 4.61. The Morgan fingerprint density at radius 2 is 1.81 bits per heavy atom. The number of fused-ring (bicyclic) bond motifs is 1. The second-order valence-corrected chi connectivity index (χ2v) is 6.31. The predicted octanol–water partition coefficient (Wildman–Crippen LogP) is 3.39. The summed E-state index contributed by atoms with van der Waals surface area (Å²) in [6.07, 6.45) is -15.0. The first-order valence-electron chi connectivity index (χ1n) is 7.77. The van der Waals surface area contributed by atoms with Gasteiger partial charge in [-0.15, -0.1) is 0 Å². The van der Waals surface area contributed by atoms with Crippen LogP contribution in [0.3, 0.4) is 0 Å². The van der Waals surface area contributed by atoms with Gasteiger partial charge in [0, 0.05) is 35.6 Å². The Morgan fingerprint density at radius 1 is 1.15 bits per heavy atom. The van der Waals surface area contributed by atoms with E-state index in [4.69, 9.17) is 0 Å². The number of rotatable bonds is 2. The lowest BCUT2D eigenvalue weighted by Gasteiger charge is -2.31. The molecular formula is C16H13F7N2O2. The monoisotopic (exact) mass is 398 g/mol. The van der Waals surface area contributed by atoms with Gasteiger partial charge in [0.15, 0.2) is 6.10 Å². The highest BCUT2D eigenvalue weighted by Crippen LogP contribution is 2.38. The zero-order valence-corrected chi connectivity index (χ0v) is 13.4. The number of pyridine rings is 1. The van der Waals surface area contributed by atoms with Crippen LogP contribution in [0.5, 0.6) is 0 Å². The number of aromatic nitrogens is 1. The van der Waals surface area contributed by atoms with Crippen molar-refractivity contribution < 1.29 is 35.8 Å². The van der Waals surface area contributed by atoms with Crippen molar-refractivity contribution >= 4 is 16.6 Å². The van der Waals surface area contributed by atoms with Gasteiger partial charge in [-0.3, -0.25) is 4.79 Å². The van der Waals surface area contributed by atoms with Crippen LogP contribution >= 0.6 is 0 Å². The molecule has 0 bridgehead atoms. The minimum atomic E-state index is -5.01. The highest BCUT2D eigenvalue weighted by Gasteiger charge is 2.49. The zero-order valence-electron chi connectivity index (χ0n) is 13.4. The van der Waals surface area contributed by atoms with Crippen molar-refractivity contribution in [3.63, 3.8) is 0 Å². The fourth-order valence-corrected chi connectivity index (χ4v) is 3.28. The van der Waals surface area contributed by atoms with Gasteiger partial charge in [-0.05, 0) is 18.2 Å². The summed E-state index contributed by atoms with van der Waals surface area (Å²) in [4.78, 5) is 14.5. The number of anilines is 1. The topological polar surface area (TPSA) is 56.3 Å². The Morgan fingerprint density at radius 3 is 2.41 bits per heavy atom. The second kappa shape index (κ2) is 6.39. The molecule has 1 aromatic carbocycles. The van der Waals surface area contributed by atoms with Crippen molar-refractivity contribution in [2.75, 3.05) is 11.4 Å². The minimum absolute atomic E-state index is 0.117. The van der Waals surface area contributed by atoms with Gasteiger partial charge in [0.25, 0.3) is 0 Å². The maximum Gasteiger partial charge on any atom is 0.417 e. The second-order valence-electron chi connectivity index (χ2n) is 6.31. The van der Waals surface area contributed by atoms with Crippen LogP contribution in [0.4, 0.5) is 36.4 Å². The number of nitrogens with zero attached hydrogens (tertiary/aromatic N) is 1. The molecule has 11 heteroatoms. The number of alkyl halides is 7. The summed E-state index contributed by atoms with van der Waals surface area (Å²) in [6, 6.07) is 1.88. The van der Waals surface area contributed by atoms with Crippen LogP contribution in [0.1, 0.15) is 12.0 Å². The van der Waals surface area contributed by atoms with Gasteiger partial charge in [0.1, 0.15) is 6.17 Å². The van der Waals surface area contributed by atoms with Crippen LogP contribution in [-0.4, -0.2) is 41.1 Å². The number of hydrogen-bond donors (Lipinski definition) is 2. The summed E-state index contributed by atoms with van der Waals surface area (Å²) in [5.41, 5.74) is -2.53. The average molecular weight is 398 g/mol. The molecule has 2 N–H and O–H groups in total. The third-order valence-corrected chi connectivity index (χ3v) is 4.46. The normalized spacial score (nSPS) is 22.4. The van der Waals surface area contributed by atoms with Crippen molar-refractivity contribution in [3.05, 3.63) is 40.2 Å². The Labute approximate surface area is 147 Å². The average Bonchev–Trinajstić information content (AvgIpc) is 2.92. The molecule has 3 rings (SSSR count). The molecule has 0 aliphatic carbocycles. The molecule has 2 aromatic rings. The van der Waals surface area contributed by atoms with E-state index < -0.39 is 60.1 Å². The van der Waals surface area contributed by atoms with Gasteiger partial charge < -0.3 is 15.0 Å². The van der Waals surface area contributed by atoms with Crippen molar-refractivity contribution in [2.45, 2.75) is 37.1 Å². The molecule has 0 amide bonds. The number of halogens is 7. The van der Waals surface area contributed by atoms with Crippen molar-refractivity contribution in [1.29, 1.82) is 0 Å². The van der Waals surface area contributed by atoms with Crippen LogP contribution < -0.4 is 10.5 Å². The molecule has 1 aromatic heterocycles. The molecule has 2 heterocycles. The third kappa shape index (κ3) is 3.73. The third-order valence-electron chi connectivity index (χ3n) is 4.46. The van der Waals surface area contributed by atoms with Gasteiger partial charge in [-0.1, -0.05) is 0 Å². The van der Waals surface area contributed by atoms with E-state index in [-0.39, 0.29) is 11.2 Å². The molecule has 0 saturated carbocycles. The highest BCUT2D eigenvalue weighted by atomic mass is 19.4. The molecule has 3 unspecified atom stereocenters. The molecule has 1 fully saturated rings. The molecule has 1 aliphatic rings. The van der Waals surface area contributed by atoms with Gasteiger partial charge in [0.2, 0.25) is 5.56 Å². The number of hydrogen-bond acceptors (Lipinski definition) is 3. The maximum atomic E-state index is 13.7. The first kappa shape index (κ1) is 19.5. The molecule has 148 valence electrons. The number of nitrogens with one attached hydrogen (secondary N) is 1. The van der Waals surface area contributed by atoms with E-state index in [9.17, 15) is 40.6 Å². The molecule has 27 heavy (non-hydrogen) atoms.